The maximum atomic E-state index is 4.46. The lowest BCUT2D eigenvalue weighted by atomic mass is 9.95. The molecular formula is C27H17NS. The Kier molecular flexibility index (Phi) is 3.71. The van der Waals surface area contributed by atoms with Crippen LogP contribution in [0.4, 0.5) is 0 Å². The van der Waals surface area contributed by atoms with Gasteiger partial charge in [0.05, 0.1) is 15.7 Å². The molecule has 5 aromatic carbocycles. The van der Waals surface area contributed by atoms with Gasteiger partial charge in [-0.1, -0.05) is 78.9 Å². The third kappa shape index (κ3) is 2.72. The third-order valence-electron chi connectivity index (χ3n) is 5.61. The first-order chi connectivity index (χ1) is 14.4. The molecule has 1 aromatic heterocycles. The molecule has 0 N–H and O–H groups in total. The lowest BCUT2D eigenvalue weighted by Crippen LogP contribution is -1.83. The van der Waals surface area contributed by atoms with Crippen molar-refractivity contribution in [3.8, 4) is 22.3 Å². The molecular weight excluding hydrogens is 370 g/mol. The summed E-state index contributed by atoms with van der Waals surface area (Å²) in [5.41, 5.74) is 8.00. The van der Waals surface area contributed by atoms with Crippen LogP contribution in [0, 0.1) is 0 Å². The van der Waals surface area contributed by atoms with Crippen molar-refractivity contribution in [1.29, 1.82) is 0 Å². The van der Waals surface area contributed by atoms with Gasteiger partial charge in [-0.25, -0.2) is 4.98 Å². The van der Waals surface area contributed by atoms with E-state index in [-0.39, 0.29) is 0 Å². The lowest BCUT2D eigenvalue weighted by Gasteiger charge is -2.09. The summed E-state index contributed by atoms with van der Waals surface area (Å²) >= 11 is 1.71. The van der Waals surface area contributed by atoms with E-state index in [0.717, 1.165) is 5.52 Å². The quantitative estimate of drug-likeness (QED) is 0.275. The molecule has 0 amide bonds. The Hall–Kier alpha value is -3.49. The van der Waals surface area contributed by atoms with Crippen LogP contribution in [0.3, 0.4) is 0 Å². The predicted molar refractivity (Wildman–Crippen MR) is 126 cm³/mol. The molecule has 0 unspecified atom stereocenters. The Labute approximate surface area is 172 Å². The molecule has 136 valence electrons. The Morgan fingerprint density at radius 2 is 1.28 bits per heavy atom. The van der Waals surface area contributed by atoms with Crippen LogP contribution >= 0.6 is 11.3 Å². The van der Waals surface area contributed by atoms with Gasteiger partial charge in [-0.2, -0.15) is 0 Å². The van der Waals surface area contributed by atoms with E-state index in [0.29, 0.717) is 0 Å². The molecule has 0 aliphatic heterocycles. The highest BCUT2D eigenvalue weighted by atomic mass is 32.1. The van der Waals surface area contributed by atoms with E-state index >= 15 is 0 Å². The molecule has 0 atom stereocenters. The van der Waals surface area contributed by atoms with Gasteiger partial charge in [-0.3, -0.25) is 0 Å². The summed E-state index contributed by atoms with van der Waals surface area (Å²) in [6, 6.07) is 35.0. The van der Waals surface area contributed by atoms with Gasteiger partial charge in [0.1, 0.15) is 0 Å². The molecule has 1 heterocycles. The van der Waals surface area contributed by atoms with Gasteiger partial charge in [0.15, 0.2) is 0 Å². The maximum absolute atomic E-state index is 4.46. The van der Waals surface area contributed by atoms with Crippen molar-refractivity contribution in [3.05, 3.63) is 103 Å². The van der Waals surface area contributed by atoms with E-state index in [4.69, 9.17) is 0 Å². The maximum Gasteiger partial charge on any atom is 0.0818 e. The smallest absolute Gasteiger partial charge is 0.0818 e. The minimum atomic E-state index is 1.07. The van der Waals surface area contributed by atoms with Crippen molar-refractivity contribution in [3.63, 3.8) is 0 Å². The number of rotatable bonds is 2. The standard InChI is InChI=1S/C27H17NS/c1-2-5-18(6-3-1)19-11-13-23-20(15-19)9-10-21-16-22(12-14-24(21)23)25-7-4-8-26-27(25)29-17-28-26/h1-17H. The van der Waals surface area contributed by atoms with Crippen molar-refractivity contribution in [2.24, 2.45) is 0 Å². The van der Waals surface area contributed by atoms with Crippen LogP contribution in [-0.4, -0.2) is 4.98 Å². The second kappa shape index (κ2) is 6.54. The Balaban J connectivity index is 1.52. The average Bonchev–Trinajstić information content (AvgIpc) is 3.28. The van der Waals surface area contributed by atoms with E-state index in [2.05, 4.69) is 102 Å². The van der Waals surface area contributed by atoms with Crippen LogP contribution in [0.2, 0.25) is 0 Å². The molecule has 0 saturated carbocycles. The fourth-order valence-corrected chi connectivity index (χ4v) is 4.99. The van der Waals surface area contributed by atoms with Gasteiger partial charge in [0, 0.05) is 5.56 Å². The topological polar surface area (TPSA) is 12.9 Å². The first-order valence-electron chi connectivity index (χ1n) is 9.71. The fourth-order valence-electron chi connectivity index (χ4n) is 4.16. The monoisotopic (exact) mass is 387 g/mol. The number of nitrogens with zero attached hydrogens (tertiary/aromatic N) is 1. The zero-order valence-electron chi connectivity index (χ0n) is 15.7. The average molecular weight is 388 g/mol. The Bertz CT molecular complexity index is 1500. The van der Waals surface area contributed by atoms with Gasteiger partial charge in [0.2, 0.25) is 0 Å². The van der Waals surface area contributed by atoms with E-state index < -0.39 is 0 Å². The SMILES string of the molecule is c1ccc(-c2ccc3c(ccc4cc(-c5cccc6ncsc56)ccc43)c2)cc1. The Morgan fingerprint density at radius 1 is 0.552 bits per heavy atom. The van der Waals surface area contributed by atoms with Crippen molar-refractivity contribution >= 4 is 43.1 Å². The lowest BCUT2D eigenvalue weighted by molar-refractivity contribution is 1.50. The summed E-state index contributed by atoms with van der Waals surface area (Å²) in [6.45, 7) is 0. The van der Waals surface area contributed by atoms with E-state index in [1.807, 2.05) is 5.51 Å². The molecule has 0 saturated heterocycles. The largest absolute Gasteiger partial charge is 0.245 e. The molecule has 2 heteroatoms. The summed E-state index contributed by atoms with van der Waals surface area (Å²) < 4.78 is 1.25. The van der Waals surface area contributed by atoms with Gasteiger partial charge >= 0.3 is 0 Å². The number of thiazole rings is 1. The summed E-state index contributed by atoms with van der Waals surface area (Å²) in [7, 11) is 0. The third-order valence-corrected chi connectivity index (χ3v) is 6.49. The van der Waals surface area contributed by atoms with Crippen molar-refractivity contribution in [2.75, 3.05) is 0 Å². The van der Waals surface area contributed by atoms with Crippen molar-refractivity contribution < 1.29 is 0 Å². The molecule has 1 nitrogen and oxygen atoms in total. The van der Waals surface area contributed by atoms with Crippen LogP contribution in [0.5, 0.6) is 0 Å². The van der Waals surface area contributed by atoms with Crippen LogP contribution in [0.25, 0.3) is 54.0 Å². The van der Waals surface area contributed by atoms with Crippen LogP contribution in [-0.2, 0) is 0 Å². The minimum Gasteiger partial charge on any atom is -0.245 e. The number of aromatic nitrogens is 1. The molecule has 29 heavy (non-hydrogen) atoms. The molecule has 0 aliphatic carbocycles. The van der Waals surface area contributed by atoms with E-state index in [9.17, 15) is 0 Å². The number of hydrogen-bond acceptors (Lipinski definition) is 2. The molecule has 0 aliphatic rings. The zero-order chi connectivity index (χ0) is 19.2. The second-order valence-electron chi connectivity index (χ2n) is 7.31. The number of benzene rings is 5. The molecule has 6 aromatic rings. The molecule has 6 rings (SSSR count). The number of hydrogen-bond donors (Lipinski definition) is 0. The molecule has 0 fully saturated rings. The summed E-state index contributed by atoms with van der Waals surface area (Å²) in [5.74, 6) is 0. The summed E-state index contributed by atoms with van der Waals surface area (Å²) in [6.07, 6.45) is 0. The Morgan fingerprint density at radius 3 is 2.07 bits per heavy atom. The minimum absolute atomic E-state index is 1.07. The molecule has 0 radical (unpaired) electrons. The van der Waals surface area contributed by atoms with E-state index in [1.54, 1.807) is 11.3 Å². The van der Waals surface area contributed by atoms with Crippen LogP contribution in [0.1, 0.15) is 0 Å². The van der Waals surface area contributed by atoms with Crippen LogP contribution in [0.15, 0.2) is 103 Å². The molecule has 0 spiro atoms. The van der Waals surface area contributed by atoms with Gasteiger partial charge in [0.25, 0.3) is 0 Å². The summed E-state index contributed by atoms with van der Waals surface area (Å²) in [4.78, 5) is 4.46. The highest BCUT2D eigenvalue weighted by Crippen LogP contribution is 2.35. The van der Waals surface area contributed by atoms with Gasteiger partial charge in [-0.05, 0) is 56.4 Å². The van der Waals surface area contributed by atoms with Crippen molar-refractivity contribution in [2.45, 2.75) is 0 Å². The van der Waals surface area contributed by atoms with Crippen molar-refractivity contribution in [1.82, 2.24) is 4.98 Å². The van der Waals surface area contributed by atoms with Crippen LogP contribution < -0.4 is 0 Å². The summed E-state index contributed by atoms with van der Waals surface area (Å²) in [5, 5.41) is 5.13. The normalized spacial score (nSPS) is 11.4. The first-order valence-corrected chi connectivity index (χ1v) is 10.6. The molecule has 0 bridgehead atoms. The van der Waals surface area contributed by atoms with E-state index in [1.165, 1.54) is 48.5 Å². The highest BCUT2D eigenvalue weighted by molar-refractivity contribution is 7.17. The van der Waals surface area contributed by atoms with Gasteiger partial charge in [-0.15, -0.1) is 11.3 Å². The number of fused-ring (bicyclic) bond motifs is 4. The van der Waals surface area contributed by atoms with Gasteiger partial charge < -0.3 is 0 Å². The first kappa shape index (κ1) is 16.5. The fraction of sp³-hybridized carbons (Fsp3) is 0. The zero-order valence-corrected chi connectivity index (χ0v) is 16.5. The highest BCUT2D eigenvalue weighted by Gasteiger charge is 2.08. The predicted octanol–water partition coefficient (Wildman–Crippen LogP) is 7.94. The second-order valence-corrected chi connectivity index (χ2v) is 8.16.